The largest absolute Gasteiger partial charge is 0.378 e. The van der Waals surface area contributed by atoms with Gasteiger partial charge in [0.05, 0.1) is 13.2 Å². The van der Waals surface area contributed by atoms with E-state index in [1.807, 2.05) is 17.9 Å². The van der Waals surface area contributed by atoms with Crippen LogP contribution in [0, 0.1) is 12.9 Å². The fourth-order valence-corrected chi connectivity index (χ4v) is 2.90. The molecule has 0 radical (unpaired) electrons. The van der Waals surface area contributed by atoms with Crippen molar-refractivity contribution in [3.63, 3.8) is 0 Å². The molecule has 1 fully saturated rings. The molecule has 6 heteroatoms. The highest BCUT2D eigenvalue weighted by molar-refractivity contribution is 6.36. The van der Waals surface area contributed by atoms with Crippen molar-refractivity contribution < 1.29 is 9.13 Å². The van der Waals surface area contributed by atoms with Crippen LogP contribution in [0.2, 0.25) is 10.0 Å². The molecular formula is C16H15Cl2FN2O. The zero-order valence-corrected chi connectivity index (χ0v) is 13.6. The Kier molecular flexibility index (Phi) is 4.52. The summed E-state index contributed by atoms with van der Waals surface area (Å²) in [4.78, 5) is 6.08. The predicted molar refractivity (Wildman–Crippen MR) is 87.4 cm³/mol. The van der Waals surface area contributed by atoms with Crippen LogP contribution >= 0.6 is 23.2 Å². The highest BCUT2D eigenvalue weighted by atomic mass is 35.5. The lowest BCUT2D eigenvalue weighted by molar-refractivity contribution is 0.122. The normalized spacial score (nSPS) is 15.2. The van der Waals surface area contributed by atoms with Gasteiger partial charge in [0.15, 0.2) is 0 Å². The number of hydrogen-bond acceptors (Lipinski definition) is 3. The van der Waals surface area contributed by atoms with E-state index in [0.29, 0.717) is 53.3 Å². The lowest BCUT2D eigenvalue weighted by Crippen LogP contribution is -2.36. The summed E-state index contributed by atoms with van der Waals surface area (Å²) in [5.74, 6) is 0.0915. The summed E-state index contributed by atoms with van der Waals surface area (Å²) in [7, 11) is 0. The minimum atomic E-state index is -0.528. The van der Waals surface area contributed by atoms with Crippen LogP contribution in [0.4, 0.5) is 10.2 Å². The molecule has 22 heavy (non-hydrogen) atoms. The van der Waals surface area contributed by atoms with Gasteiger partial charge < -0.3 is 9.64 Å². The smallest absolute Gasteiger partial charge is 0.222 e. The van der Waals surface area contributed by atoms with E-state index >= 15 is 0 Å². The molecule has 3 rings (SSSR count). The molecule has 1 aromatic heterocycles. The van der Waals surface area contributed by atoms with Gasteiger partial charge in [0.25, 0.3) is 0 Å². The second kappa shape index (κ2) is 6.41. The maximum absolute atomic E-state index is 14.4. The molecule has 1 aliphatic rings. The molecule has 2 heterocycles. The molecule has 0 amide bonds. The summed E-state index contributed by atoms with van der Waals surface area (Å²) in [5, 5.41) is 1.03. The number of pyridine rings is 1. The van der Waals surface area contributed by atoms with Crippen LogP contribution in [0.3, 0.4) is 0 Å². The lowest BCUT2D eigenvalue weighted by Gasteiger charge is -2.27. The summed E-state index contributed by atoms with van der Waals surface area (Å²) in [6, 6.07) is 6.93. The maximum atomic E-state index is 14.4. The quantitative estimate of drug-likeness (QED) is 0.760. The molecule has 1 saturated heterocycles. The van der Waals surface area contributed by atoms with Crippen LogP contribution in [0.25, 0.3) is 11.1 Å². The topological polar surface area (TPSA) is 25.4 Å². The Morgan fingerprint density at radius 2 is 1.77 bits per heavy atom. The molecule has 0 bridgehead atoms. The first-order chi connectivity index (χ1) is 10.6. The average Bonchev–Trinajstić information content (AvgIpc) is 2.53. The monoisotopic (exact) mass is 340 g/mol. The Hall–Kier alpha value is -1.36. The van der Waals surface area contributed by atoms with Crippen molar-refractivity contribution in [3.05, 3.63) is 45.8 Å². The molecule has 2 aromatic rings. The molecule has 0 N–H and O–H groups in total. The van der Waals surface area contributed by atoms with E-state index in [9.17, 15) is 4.39 Å². The minimum Gasteiger partial charge on any atom is -0.378 e. The number of ether oxygens (including phenoxy) is 1. The zero-order valence-electron chi connectivity index (χ0n) is 12.1. The van der Waals surface area contributed by atoms with Crippen LogP contribution in [-0.2, 0) is 4.74 Å². The van der Waals surface area contributed by atoms with Gasteiger partial charge in [-0.15, -0.1) is 0 Å². The molecule has 0 saturated carbocycles. The summed E-state index contributed by atoms with van der Waals surface area (Å²) >= 11 is 12.2. The van der Waals surface area contributed by atoms with Crippen molar-refractivity contribution in [2.45, 2.75) is 6.92 Å². The van der Waals surface area contributed by atoms with Gasteiger partial charge >= 0.3 is 0 Å². The zero-order chi connectivity index (χ0) is 15.7. The molecule has 3 nitrogen and oxygen atoms in total. The number of aromatic nitrogens is 1. The predicted octanol–water partition coefficient (Wildman–Crippen LogP) is 4.34. The Balaban J connectivity index is 1.95. The Labute approximate surface area is 138 Å². The molecule has 0 aliphatic carbocycles. The van der Waals surface area contributed by atoms with Crippen LogP contribution in [0.5, 0.6) is 0 Å². The van der Waals surface area contributed by atoms with E-state index in [2.05, 4.69) is 4.98 Å². The third kappa shape index (κ3) is 3.05. The fourth-order valence-electron chi connectivity index (χ4n) is 2.41. The summed E-state index contributed by atoms with van der Waals surface area (Å²) in [5.41, 5.74) is 1.80. The minimum absolute atomic E-state index is 0.390. The fraction of sp³-hybridized carbons (Fsp3) is 0.312. The number of hydrogen-bond donors (Lipinski definition) is 0. The molecule has 0 spiro atoms. The third-order valence-electron chi connectivity index (χ3n) is 3.76. The van der Waals surface area contributed by atoms with Gasteiger partial charge in [-0.05, 0) is 42.3 Å². The molecule has 0 unspecified atom stereocenters. The van der Waals surface area contributed by atoms with Crippen LogP contribution in [0.1, 0.15) is 5.56 Å². The SMILES string of the molecule is Cc1c(Cl)cc(-c2ccc(N3CCOCC3)nc2F)cc1Cl. The van der Waals surface area contributed by atoms with Gasteiger partial charge in [-0.25, -0.2) is 4.98 Å². The van der Waals surface area contributed by atoms with Gasteiger partial charge in [0.2, 0.25) is 5.95 Å². The number of halogens is 3. The standard InChI is InChI=1S/C16H15Cl2FN2O/c1-10-13(17)8-11(9-14(10)18)12-2-3-15(20-16(12)19)21-4-6-22-7-5-21/h2-3,8-9H,4-7H2,1H3. The molecule has 116 valence electrons. The van der Waals surface area contributed by atoms with Gasteiger partial charge in [0, 0.05) is 28.7 Å². The van der Waals surface area contributed by atoms with Crippen molar-refractivity contribution in [1.29, 1.82) is 0 Å². The highest BCUT2D eigenvalue weighted by Gasteiger charge is 2.16. The van der Waals surface area contributed by atoms with E-state index in [4.69, 9.17) is 27.9 Å². The Bertz CT molecular complexity index is 680. The Morgan fingerprint density at radius 3 is 2.36 bits per heavy atom. The molecule has 0 atom stereocenters. The first-order valence-corrected chi connectivity index (χ1v) is 7.77. The third-order valence-corrected chi connectivity index (χ3v) is 4.55. The maximum Gasteiger partial charge on any atom is 0.222 e. The van der Waals surface area contributed by atoms with Crippen LogP contribution < -0.4 is 4.90 Å². The highest BCUT2D eigenvalue weighted by Crippen LogP contribution is 2.32. The lowest BCUT2D eigenvalue weighted by atomic mass is 10.1. The van der Waals surface area contributed by atoms with Gasteiger partial charge in [-0.1, -0.05) is 23.2 Å². The number of morpholine rings is 1. The number of anilines is 1. The second-order valence-corrected chi connectivity index (χ2v) is 5.99. The molecule has 1 aromatic carbocycles. The first-order valence-electron chi connectivity index (χ1n) is 7.01. The van der Waals surface area contributed by atoms with E-state index in [-0.39, 0.29) is 0 Å². The average molecular weight is 341 g/mol. The van der Waals surface area contributed by atoms with Crippen LogP contribution in [0.15, 0.2) is 24.3 Å². The molecule has 1 aliphatic heterocycles. The van der Waals surface area contributed by atoms with E-state index in [1.165, 1.54) is 0 Å². The van der Waals surface area contributed by atoms with E-state index < -0.39 is 5.95 Å². The van der Waals surface area contributed by atoms with Crippen molar-refractivity contribution in [3.8, 4) is 11.1 Å². The number of nitrogens with zero attached hydrogens (tertiary/aromatic N) is 2. The van der Waals surface area contributed by atoms with Gasteiger partial charge in [-0.2, -0.15) is 4.39 Å². The number of benzene rings is 1. The molecular weight excluding hydrogens is 326 g/mol. The summed E-state index contributed by atoms with van der Waals surface area (Å²) in [6.07, 6.45) is 0. The van der Waals surface area contributed by atoms with Gasteiger partial charge in [-0.3, -0.25) is 0 Å². The van der Waals surface area contributed by atoms with E-state index in [0.717, 1.165) is 5.56 Å². The van der Waals surface area contributed by atoms with Crippen molar-refractivity contribution in [2.24, 2.45) is 0 Å². The summed E-state index contributed by atoms with van der Waals surface area (Å²) in [6.45, 7) is 4.52. The Morgan fingerprint density at radius 1 is 1.14 bits per heavy atom. The first kappa shape index (κ1) is 15.5. The van der Waals surface area contributed by atoms with Crippen molar-refractivity contribution >= 4 is 29.0 Å². The van der Waals surface area contributed by atoms with E-state index in [1.54, 1.807) is 18.2 Å². The summed E-state index contributed by atoms with van der Waals surface area (Å²) < 4.78 is 19.7. The van der Waals surface area contributed by atoms with Crippen molar-refractivity contribution in [2.75, 3.05) is 31.2 Å². The van der Waals surface area contributed by atoms with Crippen molar-refractivity contribution in [1.82, 2.24) is 4.98 Å². The van der Waals surface area contributed by atoms with Crippen LogP contribution in [-0.4, -0.2) is 31.3 Å². The second-order valence-electron chi connectivity index (χ2n) is 5.17. The number of rotatable bonds is 2. The van der Waals surface area contributed by atoms with Gasteiger partial charge in [0.1, 0.15) is 5.82 Å².